The Morgan fingerprint density at radius 3 is 1.81 bits per heavy atom. The number of aromatic nitrogens is 1. The van der Waals surface area contributed by atoms with E-state index >= 15 is 0 Å². The highest BCUT2D eigenvalue weighted by molar-refractivity contribution is 5.93. The number of esters is 2. The third kappa shape index (κ3) is 8.26. The van der Waals surface area contributed by atoms with Crippen molar-refractivity contribution in [3.8, 4) is 17.2 Å². The number of carbonyl (C=O) groups excluding carboxylic acids is 2. The van der Waals surface area contributed by atoms with Gasteiger partial charge in [0.2, 0.25) is 0 Å². The van der Waals surface area contributed by atoms with E-state index in [1.807, 2.05) is 0 Å². The number of carbonyl (C=O) groups is 2. The fourth-order valence-corrected chi connectivity index (χ4v) is 3.79. The largest absolute Gasteiger partial charge is 0.494 e. The van der Waals surface area contributed by atoms with Crippen molar-refractivity contribution in [3.63, 3.8) is 0 Å². The van der Waals surface area contributed by atoms with Crippen molar-refractivity contribution in [2.45, 2.75) is 72.1 Å². The van der Waals surface area contributed by atoms with Crippen LogP contribution in [-0.4, -0.2) is 23.7 Å². The van der Waals surface area contributed by atoms with Crippen molar-refractivity contribution < 1.29 is 28.3 Å². The van der Waals surface area contributed by atoms with E-state index in [0.717, 1.165) is 12.2 Å². The highest BCUT2D eigenvalue weighted by atomic mass is 16.5. The highest BCUT2D eigenvalue weighted by Crippen LogP contribution is 2.22. The van der Waals surface area contributed by atoms with Gasteiger partial charge in [-0.2, -0.15) is 0 Å². The van der Waals surface area contributed by atoms with Gasteiger partial charge in [0.05, 0.1) is 17.9 Å². The molecule has 3 rings (SSSR count). The second kappa shape index (κ2) is 14.1. The predicted octanol–water partition coefficient (Wildman–Crippen LogP) is 7.25. The minimum absolute atomic E-state index is 0.302. The molecule has 0 unspecified atom stereocenters. The maximum Gasteiger partial charge on any atom is 0.349 e. The summed E-state index contributed by atoms with van der Waals surface area (Å²) in [4.78, 5) is 24.8. The van der Waals surface area contributed by atoms with Crippen LogP contribution < -0.4 is 14.2 Å². The Kier molecular flexibility index (Phi) is 10.5. The van der Waals surface area contributed by atoms with Crippen molar-refractivity contribution >= 4 is 11.9 Å². The molecule has 0 fully saturated rings. The lowest BCUT2D eigenvalue weighted by Crippen LogP contribution is -2.11. The lowest BCUT2D eigenvalue weighted by molar-refractivity contribution is 0.0718. The van der Waals surface area contributed by atoms with Gasteiger partial charge >= 0.3 is 11.9 Å². The van der Waals surface area contributed by atoms with E-state index in [1.54, 1.807) is 62.4 Å². The Bertz CT molecular complexity index is 1080. The van der Waals surface area contributed by atoms with Gasteiger partial charge in [0.15, 0.2) is 0 Å². The van der Waals surface area contributed by atoms with Crippen LogP contribution in [0.2, 0.25) is 0 Å². The molecule has 0 saturated carbocycles. The van der Waals surface area contributed by atoms with Crippen LogP contribution in [0.5, 0.6) is 17.2 Å². The number of hydrogen-bond acceptors (Lipinski definition) is 7. The normalized spacial score (nSPS) is 10.8. The van der Waals surface area contributed by atoms with Gasteiger partial charge in [-0.3, -0.25) is 0 Å². The molecule has 192 valence electrons. The Morgan fingerprint density at radius 2 is 1.25 bits per heavy atom. The van der Waals surface area contributed by atoms with Crippen LogP contribution >= 0.6 is 0 Å². The monoisotopic (exact) mass is 493 g/mol. The van der Waals surface area contributed by atoms with Gasteiger partial charge in [-0.05, 0) is 68.8 Å². The van der Waals surface area contributed by atoms with Crippen molar-refractivity contribution in [2.75, 3.05) is 6.61 Å². The zero-order chi connectivity index (χ0) is 25.8. The molecule has 0 atom stereocenters. The Balaban J connectivity index is 1.40. The first kappa shape index (κ1) is 27.0. The lowest BCUT2D eigenvalue weighted by atomic mass is 10.1. The summed E-state index contributed by atoms with van der Waals surface area (Å²) >= 11 is 0. The molecule has 0 amide bonds. The first-order valence-corrected chi connectivity index (χ1v) is 12.7. The molecule has 0 aliphatic carbocycles. The van der Waals surface area contributed by atoms with Crippen LogP contribution in [0.1, 0.15) is 90.5 Å². The van der Waals surface area contributed by atoms with Gasteiger partial charge < -0.3 is 18.7 Å². The summed E-state index contributed by atoms with van der Waals surface area (Å²) in [6.07, 6.45) is 10.0. The van der Waals surface area contributed by atoms with Gasteiger partial charge in [-0.25, -0.2) is 9.59 Å². The van der Waals surface area contributed by atoms with Crippen LogP contribution in [-0.2, 0) is 0 Å². The van der Waals surface area contributed by atoms with E-state index in [2.05, 4.69) is 12.1 Å². The van der Waals surface area contributed by atoms with Gasteiger partial charge in [0.25, 0.3) is 0 Å². The lowest BCUT2D eigenvalue weighted by Gasteiger charge is -2.08. The zero-order valence-electron chi connectivity index (χ0n) is 21.4. The molecule has 0 aliphatic rings. The molecular formula is C29H35NO6. The smallest absolute Gasteiger partial charge is 0.349 e. The first-order chi connectivity index (χ1) is 17.5. The van der Waals surface area contributed by atoms with Gasteiger partial charge in [-0.15, -0.1) is 0 Å². The van der Waals surface area contributed by atoms with E-state index < -0.39 is 11.9 Å². The summed E-state index contributed by atoms with van der Waals surface area (Å²) in [6.45, 7) is 6.23. The van der Waals surface area contributed by atoms with Crippen LogP contribution in [0.3, 0.4) is 0 Å². The van der Waals surface area contributed by atoms with Crippen LogP contribution in [0.15, 0.2) is 53.1 Å². The molecule has 0 N–H and O–H groups in total. The number of nitrogens with zero attached hydrogens (tertiary/aromatic N) is 1. The van der Waals surface area contributed by atoms with Gasteiger partial charge in [0.1, 0.15) is 28.6 Å². The van der Waals surface area contributed by atoms with E-state index in [1.165, 1.54) is 44.9 Å². The fourth-order valence-electron chi connectivity index (χ4n) is 3.79. The molecule has 0 bridgehead atoms. The van der Waals surface area contributed by atoms with Gasteiger partial charge in [0, 0.05) is 0 Å². The molecule has 0 saturated heterocycles. The van der Waals surface area contributed by atoms with E-state index in [-0.39, 0.29) is 0 Å². The summed E-state index contributed by atoms with van der Waals surface area (Å²) in [7, 11) is 0. The summed E-state index contributed by atoms with van der Waals surface area (Å²) in [5.74, 6) is 0.752. The molecular weight excluding hydrogens is 458 g/mol. The number of ether oxygens (including phenoxy) is 3. The van der Waals surface area contributed by atoms with Crippen LogP contribution in [0, 0.1) is 13.8 Å². The minimum atomic E-state index is -0.555. The van der Waals surface area contributed by atoms with Crippen molar-refractivity contribution in [1.82, 2.24) is 5.16 Å². The topological polar surface area (TPSA) is 87.9 Å². The average molecular weight is 494 g/mol. The quantitative estimate of drug-likeness (QED) is 0.133. The van der Waals surface area contributed by atoms with Gasteiger partial charge in [-0.1, -0.05) is 57.0 Å². The number of rotatable bonds is 14. The number of aryl methyl sites for hydroxylation is 2. The standard InChI is InChI=1S/C29H35NO6/c1-4-5-6-7-8-9-10-11-20-33-24-14-12-23(13-15-24)28(31)34-25-16-18-26(19-17-25)35-29(32)27-21(2)30-36-22(27)3/h12-19H,4-11,20H2,1-3H3. The fraction of sp³-hybridized carbons (Fsp3) is 0.414. The number of benzene rings is 2. The Labute approximate surface area is 212 Å². The van der Waals surface area contributed by atoms with Crippen LogP contribution in [0.4, 0.5) is 0 Å². The number of unbranched alkanes of at least 4 members (excludes halogenated alkanes) is 7. The predicted molar refractivity (Wildman–Crippen MR) is 137 cm³/mol. The third-order valence-electron chi connectivity index (χ3n) is 5.84. The van der Waals surface area contributed by atoms with E-state index in [9.17, 15) is 9.59 Å². The van der Waals surface area contributed by atoms with Crippen molar-refractivity contribution in [2.24, 2.45) is 0 Å². The van der Waals surface area contributed by atoms with Crippen molar-refractivity contribution in [1.29, 1.82) is 0 Å². The number of hydrogen-bond donors (Lipinski definition) is 0. The molecule has 36 heavy (non-hydrogen) atoms. The van der Waals surface area contributed by atoms with E-state index in [4.69, 9.17) is 18.7 Å². The second-order valence-corrected chi connectivity index (χ2v) is 8.80. The molecule has 7 heteroatoms. The average Bonchev–Trinajstić information content (AvgIpc) is 3.22. The SMILES string of the molecule is CCCCCCCCCCOc1ccc(C(=O)Oc2ccc(OC(=O)c3c(C)noc3C)cc2)cc1. The minimum Gasteiger partial charge on any atom is -0.494 e. The second-order valence-electron chi connectivity index (χ2n) is 8.80. The molecule has 1 heterocycles. The Hall–Kier alpha value is -3.61. The summed E-state index contributed by atoms with van der Waals surface area (Å²) in [6, 6.07) is 13.2. The zero-order valence-corrected chi connectivity index (χ0v) is 21.4. The highest BCUT2D eigenvalue weighted by Gasteiger charge is 2.19. The van der Waals surface area contributed by atoms with E-state index in [0.29, 0.717) is 40.7 Å². The molecule has 7 nitrogen and oxygen atoms in total. The maximum atomic E-state index is 12.5. The first-order valence-electron chi connectivity index (χ1n) is 12.7. The summed E-state index contributed by atoms with van der Waals surface area (Å²) in [5.41, 5.74) is 1.19. The molecule has 0 radical (unpaired) electrons. The third-order valence-corrected chi connectivity index (χ3v) is 5.84. The Morgan fingerprint density at radius 1 is 0.722 bits per heavy atom. The molecule has 3 aromatic rings. The summed E-state index contributed by atoms with van der Waals surface area (Å²) < 4.78 is 21.6. The molecule has 0 aliphatic heterocycles. The summed E-state index contributed by atoms with van der Waals surface area (Å²) in [5, 5.41) is 3.75. The molecule has 0 spiro atoms. The van der Waals surface area contributed by atoms with Crippen molar-refractivity contribution in [3.05, 3.63) is 71.1 Å². The molecule has 1 aromatic heterocycles. The van der Waals surface area contributed by atoms with Crippen LogP contribution in [0.25, 0.3) is 0 Å². The maximum absolute atomic E-state index is 12.5. The molecule has 2 aromatic carbocycles.